The molecule has 0 N–H and O–H groups in total. The van der Waals surface area contributed by atoms with Crippen LogP contribution in [0.25, 0.3) is 0 Å². The highest BCUT2D eigenvalue weighted by Gasteiger charge is 2.35. The van der Waals surface area contributed by atoms with Crippen LogP contribution in [-0.4, -0.2) is 27.6 Å². The molecule has 3 rings (SSSR count). The third kappa shape index (κ3) is 2.92. The number of carbonyl (C=O) groups excluding carboxylic acids is 4. The number of hydrogen-bond donors (Lipinski definition) is 0. The molecule has 0 amide bonds. The first-order valence-corrected chi connectivity index (χ1v) is 6.48. The molecular formula is C15H6N2O8. The lowest BCUT2D eigenvalue weighted by Crippen LogP contribution is -2.21. The lowest BCUT2D eigenvalue weighted by Gasteiger charge is -2.16. The van der Waals surface area contributed by atoms with Crippen molar-refractivity contribution in [3.05, 3.63) is 78.9 Å². The summed E-state index contributed by atoms with van der Waals surface area (Å²) in [6, 6.07) is 7.59. The van der Waals surface area contributed by atoms with Crippen molar-refractivity contribution < 1.29 is 29.0 Å². The van der Waals surface area contributed by atoms with Crippen LogP contribution in [0.5, 0.6) is 0 Å². The second-order valence-corrected chi connectivity index (χ2v) is 4.69. The first-order valence-electron chi connectivity index (χ1n) is 6.48. The highest BCUT2D eigenvalue weighted by Crippen LogP contribution is 2.35. The van der Waals surface area contributed by atoms with E-state index >= 15 is 0 Å². The van der Waals surface area contributed by atoms with Gasteiger partial charge in [0, 0.05) is 34.4 Å². The molecule has 0 heterocycles. The molecule has 0 aliphatic heterocycles. The van der Waals surface area contributed by atoms with Gasteiger partial charge in [0.25, 0.3) is 0 Å². The molecule has 25 heavy (non-hydrogen) atoms. The van der Waals surface area contributed by atoms with E-state index in [1.54, 1.807) is 12.1 Å². The number of fused-ring (bicyclic) bond motifs is 2. The summed E-state index contributed by atoms with van der Waals surface area (Å²) >= 11 is 0. The summed E-state index contributed by atoms with van der Waals surface area (Å²) < 4.78 is 0. The zero-order valence-corrected chi connectivity index (χ0v) is 12.1. The number of ketones is 2. The molecule has 1 aliphatic rings. The van der Waals surface area contributed by atoms with Gasteiger partial charge in [-0.3, -0.25) is 29.8 Å². The van der Waals surface area contributed by atoms with Crippen molar-refractivity contribution in [1.29, 1.82) is 0 Å². The fraction of sp³-hybridized carbons (Fsp3) is 0. The minimum absolute atomic E-state index is 0.128. The summed E-state index contributed by atoms with van der Waals surface area (Å²) in [4.78, 5) is 61.0. The van der Waals surface area contributed by atoms with Gasteiger partial charge in [-0.2, -0.15) is 9.59 Å². The number of nitro groups is 2. The predicted molar refractivity (Wildman–Crippen MR) is 78.1 cm³/mol. The third-order valence-corrected chi connectivity index (χ3v) is 3.41. The van der Waals surface area contributed by atoms with Gasteiger partial charge in [0.15, 0.2) is 11.6 Å². The van der Waals surface area contributed by atoms with Gasteiger partial charge in [0.1, 0.15) is 0 Å². The summed E-state index contributed by atoms with van der Waals surface area (Å²) in [7, 11) is 0. The smallest absolute Gasteiger partial charge is 0.289 e. The van der Waals surface area contributed by atoms with Crippen molar-refractivity contribution in [1.82, 2.24) is 0 Å². The van der Waals surface area contributed by atoms with Gasteiger partial charge in [-0.15, -0.1) is 0 Å². The molecule has 2 aromatic carbocycles. The van der Waals surface area contributed by atoms with Crippen molar-refractivity contribution >= 4 is 29.1 Å². The Bertz CT molecular complexity index is 901. The normalized spacial score (nSPS) is 11.4. The molecule has 0 radical (unpaired) electrons. The Kier molecular flexibility index (Phi) is 4.57. The molecule has 10 nitrogen and oxygen atoms in total. The van der Waals surface area contributed by atoms with E-state index in [0.717, 1.165) is 12.1 Å². The first kappa shape index (κ1) is 17.3. The van der Waals surface area contributed by atoms with Crippen LogP contribution in [0.4, 0.5) is 11.4 Å². The van der Waals surface area contributed by atoms with E-state index in [0.29, 0.717) is 0 Å². The second-order valence-electron chi connectivity index (χ2n) is 4.69. The Hall–Kier alpha value is -4.04. The molecule has 0 spiro atoms. The van der Waals surface area contributed by atoms with Crippen molar-refractivity contribution in [3.8, 4) is 0 Å². The average Bonchev–Trinajstić information content (AvgIpc) is 2.59. The minimum Gasteiger partial charge on any atom is -0.289 e. The molecule has 124 valence electrons. The Morgan fingerprint density at radius 1 is 0.720 bits per heavy atom. The Morgan fingerprint density at radius 2 is 1.04 bits per heavy atom. The van der Waals surface area contributed by atoms with Crippen molar-refractivity contribution in [3.63, 3.8) is 0 Å². The Balaban J connectivity index is 0.000000701. The van der Waals surface area contributed by atoms with Crippen LogP contribution in [0.1, 0.15) is 31.8 Å². The summed E-state index contributed by atoms with van der Waals surface area (Å²) in [6.07, 6.45) is 0.250. The molecule has 10 heteroatoms. The van der Waals surface area contributed by atoms with E-state index in [2.05, 4.69) is 0 Å². The van der Waals surface area contributed by atoms with Crippen LogP contribution < -0.4 is 0 Å². The summed E-state index contributed by atoms with van der Waals surface area (Å²) in [5.41, 5.74) is -1.76. The predicted octanol–water partition coefficient (Wildman–Crippen LogP) is 1.69. The van der Waals surface area contributed by atoms with Crippen LogP contribution in [0, 0.1) is 20.2 Å². The fourth-order valence-corrected chi connectivity index (χ4v) is 2.41. The molecule has 0 bridgehead atoms. The molecule has 0 saturated carbocycles. The maximum Gasteiger partial charge on any atom is 0.373 e. The first-order chi connectivity index (χ1) is 11.8. The van der Waals surface area contributed by atoms with Crippen LogP contribution >= 0.6 is 0 Å². The van der Waals surface area contributed by atoms with Crippen molar-refractivity contribution in [2.45, 2.75) is 0 Å². The van der Waals surface area contributed by atoms with Crippen LogP contribution in [0.15, 0.2) is 36.4 Å². The van der Waals surface area contributed by atoms with Gasteiger partial charge in [-0.25, -0.2) is 0 Å². The van der Waals surface area contributed by atoms with Gasteiger partial charge >= 0.3 is 17.5 Å². The van der Waals surface area contributed by atoms with Gasteiger partial charge in [-0.1, -0.05) is 24.3 Å². The van der Waals surface area contributed by atoms with Crippen LogP contribution in [0.2, 0.25) is 0 Å². The Labute approximate surface area is 138 Å². The van der Waals surface area contributed by atoms with Gasteiger partial charge in [0.05, 0.1) is 9.85 Å². The SMILES string of the molecule is O=C1c2ccccc2C(=O)c2cc([N+](=O)[O-])c([N+](=O)[O-])cc21.O=C=O. The van der Waals surface area contributed by atoms with Gasteiger partial charge in [-0.05, 0) is 0 Å². The molecule has 0 saturated heterocycles. The maximum atomic E-state index is 12.4. The third-order valence-electron chi connectivity index (χ3n) is 3.41. The van der Waals surface area contributed by atoms with Gasteiger partial charge in [0.2, 0.25) is 0 Å². The highest BCUT2D eigenvalue weighted by atomic mass is 16.6. The molecule has 1 aliphatic carbocycles. The lowest BCUT2D eigenvalue weighted by molar-refractivity contribution is -0.422. The van der Waals surface area contributed by atoms with E-state index in [-0.39, 0.29) is 28.4 Å². The van der Waals surface area contributed by atoms with Crippen LogP contribution in [0.3, 0.4) is 0 Å². The van der Waals surface area contributed by atoms with E-state index in [1.807, 2.05) is 0 Å². The summed E-state index contributed by atoms with van der Waals surface area (Å²) in [6.45, 7) is 0. The fourth-order valence-electron chi connectivity index (χ4n) is 2.41. The van der Waals surface area contributed by atoms with Gasteiger partial charge < -0.3 is 0 Å². The molecule has 0 unspecified atom stereocenters. The topological polar surface area (TPSA) is 155 Å². The summed E-state index contributed by atoms with van der Waals surface area (Å²) in [5.74, 6) is -1.13. The monoisotopic (exact) mass is 342 g/mol. The second kappa shape index (κ2) is 6.60. The minimum atomic E-state index is -0.948. The largest absolute Gasteiger partial charge is 0.373 e. The zero-order chi connectivity index (χ0) is 18.7. The molecule has 0 aromatic heterocycles. The number of benzene rings is 2. The number of hydrogen-bond acceptors (Lipinski definition) is 8. The number of nitro benzene ring substituents is 2. The quantitative estimate of drug-likeness (QED) is 0.503. The van der Waals surface area contributed by atoms with Crippen LogP contribution in [-0.2, 0) is 9.59 Å². The Morgan fingerprint density at radius 3 is 1.32 bits per heavy atom. The number of carbonyl (C=O) groups is 2. The molecule has 2 aromatic rings. The standard InChI is InChI=1S/C14H6N2O6.CO2/c17-13-7-3-1-2-4-8(7)14(18)10-6-12(16(21)22)11(15(19)20)5-9(10)13;2-1-3/h1-6H;. The maximum absolute atomic E-state index is 12.4. The van der Waals surface area contributed by atoms with E-state index in [1.165, 1.54) is 12.1 Å². The lowest BCUT2D eigenvalue weighted by atomic mass is 9.83. The molecule has 0 fully saturated rings. The average molecular weight is 342 g/mol. The zero-order valence-electron chi connectivity index (χ0n) is 12.1. The molecular weight excluding hydrogens is 336 g/mol. The molecule has 0 atom stereocenters. The van der Waals surface area contributed by atoms with Crippen molar-refractivity contribution in [2.75, 3.05) is 0 Å². The number of nitrogens with zero attached hydrogens (tertiary/aromatic N) is 2. The number of rotatable bonds is 2. The van der Waals surface area contributed by atoms with E-state index < -0.39 is 32.8 Å². The van der Waals surface area contributed by atoms with E-state index in [9.17, 15) is 29.8 Å². The van der Waals surface area contributed by atoms with E-state index in [4.69, 9.17) is 9.59 Å². The highest BCUT2D eigenvalue weighted by molar-refractivity contribution is 6.28. The summed E-state index contributed by atoms with van der Waals surface area (Å²) in [5, 5.41) is 21.9. The van der Waals surface area contributed by atoms with Crippen molar-refractivity contribution in [2.24, 2.45) is 0 Å².